The Morgan fingerprint density at radius 2 is 2.44 bits per heavy atom. The van der Waals surface area contributed by atoms with Crippen LogP contribution in [0.5, 0.6) is 0 Å². The first-order chi connectivity index (χ1) is 7.81. The summed E-state index contributed by atoms with van der Waals surface area (Å²) in [6.45, 7) is 2.10. The third-order valence-electron chi connectivity index (χ3n) is 2.48. The first-order valence-corrected chi connectivity index (χ1v) is 7.80. The van der Waals surface area contributed by atoms with Gasteiger partial charge in [-0.2, -0.15) is 16.7 Å². The molecule has 0 amide bonds. The van der Waals surface area contributed by atoms with Gasteiger partial charge in [-0.05, 0) is 6.42 Å². The number of thioether (sulfide) groups is 2. The minimum Gasteiger partial charge on any atom is -0.338 e. The average molecular weight is 259 g/mol. The van der Waals surface area contributed by atoms with E-state index < -0.39 is 0 Å². The van der Waals surface area contributed by atoms with Gasteiger partial charge in [0.05, 0.1) is 11.3 Å². The quantitative estimate of drug-likeness (QED) is 0.895. The molecule has 1 unspecified atom stereocenters. The van der Waals surface area contributed by atoms with Gasteiger partial charge in [0.15, 0.2) is 5.82 Å². The molecule has 0 aromatic carbocycles. The van der Waals surface area contributed by atoms with Crippen molar-refractivity contribution in [1.82, 2.24) is 10.1 Å². The largest absolute Gasteiger partial charge is 0.338 e. The van der Waals surface area contributed by atoms with Crippen LogP contribution in [0.4, 0.5) is 0 Å². The predicted molar refractivity (Wildman–Crippen MR) is 68.7 cm³/mol. The monoisotopic (exact) mass is 259 g/mol. The molecule has 16 heavy (non-hydrogen) atoms. The van der Waals surface area contributed by atoms with Crippen LogP contribution in [0.3, 0.4) is 0 Å². The minimum absolute atomic E-state index is 0.104. The highest BCUT2D eigenvalue weighted by Gasteiger charge is 2.23. The van der Waals surface area contributed by atoms with Crippen LogP contribution in [-0.4, -0.2) is 27.4 Å². The topological polar surface area (TPSA) is 64.9 Å². The molecule has 1 fully saturated rings. The molecule has 4 nitrogen and oxygen atoms in total. The normalized spacial score (nSPS) is 23.2. The maximum absolute atomic E-state index is 5.94. The van der Waals surface area contributed by atoms with Crippen LogP contribution in [-0.2, 0) is 0 Å². The molecule has 1 aliphatic heterocycles. The van der Waals surface area contributed by atoms with Gasteiger partial charge < -0.3 is 10.3 Å². The van der Waals surface area contributed by atoms with Crippen LogP contribution < -0.4 is 5.73 Å². The van der Waals surface area contributed by atoms with Crippen molar-refractivity contribution in [2.75, 3.05) is 17.3 Å². The fourth-order valence-electron chi connectivity index (χ4n) is 1.60. The van der Waals surface area contributed by atoms with Gasteiger partial charge in [-0.25, -0.2) is 0 Å². The summed E-state index contributed by atoms with van der Waals surface area (Å²) < 4.78 is 5.22. The number of hydrogen-bond donors (Lipinski definition) is 1. The van der Waals surface area contributed by atoms with Gasteiger partial charge in [0.2, 0.25) is 5.89 Å². The lowest BCUT2D eigenvalue weighted by molar-refractivity contribution is 0.344. The zero-order valence-electron chi connectivity index (χ0n) is 9.39. The number of nitrogens with two attached hydrogens (primary N) is 1. The third kappa shape index (κ3) is 2.93. The predicted octanol–water partition coefficient (Wildman–Crippen LogP) is 2.39. The van der Waals surface area contributed by atoms with Crippen molar-refractivity contribution in [2.24, 2.45) is 5.73 Å². The van der Waals surface area contributed by atoms with Gasteiger partial charge >= 0.3 is 0 Å². The molecule has 0 aliphatic carbocycles. The number of aromatic nitrogens is 2. The van der Waals surface area contributed by atoms with Crippen LogP contribution in [0.1, 0.15) is 42.8 Å². The molecular weight excluding hydrogens is 242 g/mol. The van der Waals surface area contributed by atoms with Crippen LogP contribution in [0.2, 0.25) is 0 Å². The molecule has 1 aliphatic rings. The van der Waals surface area contributed by atoms with E-state index in [0.29, 0.717) is 11.1 Å². The molecule has 1 aromatic heterocycles. The smallest absolute Gasteiger partial charge is 0.243 e. The van der Waals surface area contributed by atoms with E-state index in [9.17, 15) is 0 Å². The molecule has 2 atom stereocenters. The van der Waals surface area contributed by atoms with E-state index in [4.69, 9.17) is 10.3 Å². The Balaban J connectivity index is 2.00. The van der Waals surface area contributed by atoms with Gasteiger partial charge in [0.25, 0.3) is 0 Å². The van der Waals surface area contributed by atoms with E-state index in [1.807, 2.05) is 23.5 Å². The number of nitrogens with zero attached hydrogens (tertiary/aromatic N) is 2. The second-order valence-corrected chi connectivity index (χ2v) is 6.28. The van der Waals surface area contributed by atoms with Gasteiger partial charge in [0, 0.05) is 17.3 Å². The molecule has 1 aromatic rings. The average Bonchev–Trinajstić information content (AvgIpc) is 2.80. The van der Waals surface area contributed by atoms with Crippen molar-refractivity contribution in [3.05, 3.63) is 11.7 Å². The molecular formula is C10H17N3OS2. The lowest BCUT2D eigenvalue weighted by Gasteiger charge is -2.17. The summed E-state index contributed by atoms with van der Waals surface area (Å²) in [6.07, 6.45) is 1.93. The second-order valence-electron chi connectivity index (χ2n) is 3.82. The third-order valence-corrected chi connectivity index (χ3v) is 5.23. The molecule has 2 N–H and O–H groups in total. The Kier molecular flexibility index (Phi) is 4.55. The number of hydrogen-bond acceptors (Lipinski definition) is 6. The summed E-state index contributed by atoms with van der Waals surface area (Å²) in [7, 11) is 0. The van der Waals surface area contributed by atoms with Crippen LogP contribution in [0.25, 0.3) is 0 Å². The van der Waals surface area contributed by atoms with E-state index in [1.165, 1.54) is 11.5 Å². The van der Waals surface area contributed by atoms with E-state index in [-0.39, 0.29) is 6.04 Å². The highest BCUT2D eigenvalue weighted by Crippen LogP contribution is 2.35. The Bertz CT molecular complexity index is 326. The van der Waals surface area contributed by atoms with Gasteiger partial charge in [-0.15, -0.1) is 11.8 Å². The maximum Gasteiger partial charge on any atom is 0.243 e. The van der Waals surface area contributed by atoms with Crippen LogP contribution >= 0.6 is 23.5 Å². The summed E-state index contributed by atoms with van der Waals surface area (Å²) in [6, 6.07) is -0.104. The Morgan fingerprint density at radius 3 is 3.12 bits per heavy atom. The standard InChI is InChI=1S/C10H17N3OS2/c1-2-3-7(11)10-12-9(13-14-10)8-6-15-4-5-16-8/h7-8H,2-6,11H2,1H3/t7-,8?/m1/s1. The molecule has 6 heteroatoms. The fourth-order valence-corrected chi connectivity index (χ4v) is 4.19. The molecule has 0 saturated carbocycles. The highest BCUT2D eigenvalue weighted by molar-refractivity contribution is 8.06. The van der Waals surface area contributed by atoms with E-state index in [0.717, 1.165) is 24.4 Å². The SMILES string of the molecule is CCC[C@@H](N)c1nc(C2CSCCS2)no1. The Morgan fingerprint density at radius 1 is 1.56 bits per heavy atom. The first kappa shape index (κ1) is 12.3. The van der Waals surface area contributed by atoms with Crippen molar-refractivity contribution in [2.45, 2.75) is 31.1 Å². The fraction of sp³-hybridized carbons (Fsp3) is 0.800. The molecule has 2 heterocycles. The van der Waals surface area contributed by atoms with E-state index in [1.54, 1.807) is 0 Å². The first-order valence-electron chi connectivity index (χ1n) is 5.59. The van der Waals surface area contributed by atoms with Gasteiger partial charge in [-0.3, -0.25) is 0 Å². The lowest BCUT2D eigenvalue weighted by Crippen LogP contribution is -2.11. The molecule has 1 saturated heterocycles. The van der Waals surface area contributed by atoms with E-state index >= 15 is 0 Å². The summed E-state index contributed by atoms with van der Waals surface area (Å²) in [4.78, 5) is 4.42. The van der Waals surface area contributed by atoms with Gasteiger partial charge in [0.1, 0.15) is 0 Å². The van der Waals surface area contributed by atoms with Crippen LogP contribution in [0, 0.1) is 0 Å². The summed E-state index contributed by atoms with van der Waals surface area (Å²) in [5.74, 6) is 4.88. The molecule has 2 rings (SSSR count). The second kappa shape index (κ2) is 5.93. The van der Waals surface area contributed by atoms with Crippen molar-refractivity contribution in [3.8, 4) is 0 Å². The molecule has 0 radical (unpaired) electrons. The molecule has 0 spiro atoms. The Labute approximate surface area is 104 Å². The van der Waals surface area contributed by atoms with Crippen LogP contribution in [0.15, 0.2) is 4.52 Å². The van der Waals surface area contributed by atoms with Crippen molar-refractivity contribution < 1.29 is 4.52 Å². The van der Waals surface area contributed by atoms with Crippen molar-refractivity contribution in [1.29, 1.82) is 0 Å². The zero-order valence-corrected chi connectivity index (χ0v) is 11.0. The van der Waals surface area contributed by atoms with E-state index in [2.05, 4.69) is 17.1 Å². The Hall–Kier alpha value is -0.200. The van der Waals surface area contributed by atoms with Crippen molar-refractivity contribution >= 4 is 23.5 Å². The van der Waals surface area contributed by atoms with Crippen molar-refractivity contribution in [3.63, 3.8) is 0 Å². The number of rotatable bonds is 4. The summed E-state index contributed by atoms with van der Waals surface area (Å²) >= 11 is 3.86. The summed E-state index contributed by atoms with van der Waals surface area (Å²) in [5, 5.41) is 4.42. The zero-order chi connectivity index (χ0) is 11.4. The lowest BCUT2D eigenvalue weighted by atomic mass is 10.2. The van der Waals surface area contributed by atoms with Gasteiger partial charge in [-0.1, -0.05) is 18.5 Å². The molecule has 0 bridgehead atoms. The maximum atomic E-state index is 5.94. The highest BCUT2D eigenvalue weighted by atomic mass is 32.2. The molecule has 90 valence electrons. The summed E-state index contributed by atoms with van der Waals surface area (Å²) in [5.41, 5.74) is 5.94. The minimum atomic E-state index is -0.104.